The molecule has 140 valence electrons. The zero-order valence-electron chi connectivity index (χ0n) is 13.4. The number of sulfone groups is 2. The number of hydrogen-bond donors (Lipinski definition) is 2. The lowest BCUT2D eigenvalue weighted by molar-refractivity contribution is -0.134. The van der Waals surface area contributed by atoms with E-state index in [-0.39, 0.29) is 36.1 Å². The van der Waals surface area contributed by atoms with Crippen LogP contribution in [0.2, 0.25) is 0 Å². The maximum absolute atomic E-state index is 12.4. The van der Waals surface area contributed by atoms with Crippen molar-refractivity contribution in [3.05, 3.63) is 0 Å². The number of nitrogens with one attached hydrogen (secondary N) is 2. The second-order valence-electron chi connectivity index (χ2n) is 6.82. The summed E-state index contributed by atoms with van der Waals surface area (Å²) in [5.74, 6) is -2.02. The Labute approximate surface area is 145 Å². The molecular weight excluding hydrogens is 374 g/mol. The maximum Gasteiger partial charge on any atom is 0.325 e. The lowest BCUT2D eigenvalue weighted by atomic mass is 9.99. The van der Waals surface area contributed by atoms with Crippen molar-refractivity contribution in [2.75, 3.05) is 36.1 Å². The van der Waals surface area contributed by atoms with E-state index in [0.29, 0.717) is 11.3 Å². The number of hydrogen-bond acceptors (Lipinski definition) is 7. The third-order valence-corrected chi connectivity index (χ3v) is 8.36. The van der Waals surface area contributed by atoms with Crippen LogP contribution in [0.25, 0.3) is 0 Å². The van der Waals surface area contributed by atoms with Gasteiger partial charge in [-0.15, -0.1) is 0 Å². The number of rotatable bonds is 4. The van der Waals surface area contributed by atoms with E-state index in [0.717, 1.165) is 0 Å². The van der Waals surface area contributed by atoms with Gasteiger partial charge in [-0.1, -0.05) is 0 Å². The molecule has 0 aromatic rings. The summed E-state index contributed by atoms with van der Waals surface area (Å²) in [5.41, 5.74) is -1.46. The van der Waals surface area contributed by atoms with Crippen LogP contribution in [0, 0.1) is 5.92 Å². The van der Waals surface area contributed by atoms with Gasteiger partial charge in [0.2, 0.25) is 5.91 Å². The van der Waals surface area contributed by atoms with E-state index >= 15 is 0 Å². The highest BCUT2D eigenvalue weighted by Gasteiger charge is 2.57. The second kappa shape index (κ2) is 5.94. The average Bonchev–Trinajstić information content (AvgIpc) is 3.07. The smallest absolute Gasteiger partial charge is 0.325 e. The molecule has 25 heavy (non-hydrogen) atoms. The van der Waals surface area contributed by atoms with Gasteiger partial charge < -0.3 is 10.6 Å². The fourth-order valence-corrected chi connectivity index (χ4v) is 7.18. The molecule has 10 nitrogen and oxygen atoms in total. The first-order valence-corrected chi connectivity index (χ1v) is 11.5. The highest BCUT2D eigenvalue weighted by Crippen LogP contribution is 2.30. The summed E-state index contributed by atoms with van der Waals surface area (Å²) < 4.78 is 46.0. The molecule has 12 heteroatoms. The molecule has 3 fully saturated rings. The molecule has 3 saturated heterocycles. The summed E-state index contributed by atoms with van der Waals surface area (Å²) in [6.45, 7) is -0.368. The van der Waals surface area contributed by atoms with E-state index in [4.69, 9.17) is 0 Å². The normalized spacial score (nSPS) is 33.0. The summed E-state index contributed by atoms with van der Waals surface area (Å²) in [6, 6.07) is -0.791. The van der Waals surface area contributed by atoms with Crippen LogP contribution in [-0.2, 0) is 29.3 Å². The Morgan fingerprint density at radius 2 is 1.92 bits per heavy atom. The molecule has 1 spiro atoms. The maximum atomic E-state index is 12.4. The quantitative estimate of drug-likeness (QED) is 0.508. The summed E-state index contributed by atoms with van der Waals surface area (Å²) >= 11 is 0. The van der Waals surface area contributed by atoms with Crippen LogP contribution < -0.4 is 10.6 Å². The standard InChI is InChI=1S/C13H19N3O7S2/c17-10(14-5-9-1-3-24(20,21)7-9)6-16-11(18)13(15-12(16)19)2-4-25(22,23)8-13/h9H,1-8H2,(H,14,17)(H,15,19). The molecule has 2 N–H and O–H groups in total. The summed E-state index contributed by atoms with van der Waals surface area (Å²) in [6.07, 6.45) is 0.463. The van der Waals surface area contributed by atoms with Crippen molar-refractivity contribution in [1.29, 1.82) is 0 Å². The highest BCUT2D eigenvalue weighted by atomic mass is 32.2. The van der Waals surface area contributed by atoms with Gasteiger partial charge in [-0.3, -0.25) is 14.5 Å². The van der Waals surface area contributed by atoms with Crippen LogP contribution in [0.3, 0.4) is 0 Å². The first-order chi connectivity index (χ1) is 11.5. The van der Waals surface area contributed by atoms with Crippen molar-refractivity contribution in [2.24, 2.45) is 5.92 Å². The molecule has 0 radical (unpaired) electrons. The molecule has 0 aromatic heterocycles. The number of amides is 4. The van der Waals surface area contributed by atoms with Crippen molar-refractivity contribution in [2.45, 2.75) is 18.4 Å². The Morgan fingerprint density at radius 1 is 1.20 bits per heavy atom. The van der Waals surface area contributed by atoms with E-state index in [1.807, 2.05) is 0 Å². The van der Waals surface area contributed by atoms with Crippen LogP contribution in [0.1, 0.15) is 12.8 Å². The van der Waals surface area contributed by atoms with Crippen LogP contribution in [0.15, 0.2) is 0 Å². The van der Waals surface area contributed by atoms with Crippen molar-refractivity contribution >= 4 is 37.5 Å². The fourth-order valence-electron chi connectivity index (χ4n) is 3.43. The summed E-state index contributed by atoms with van der Waals surface area (Å²) in [7, 11) is -6.44. The molecule has 0 aromatic carbocycles. The van der Waals surface area contributed by atoms with Crippen molar-refractivity contribution in [3.63, 3.8) is 0 Å². The number of carbonyl (C=O) groups excluding carboxylic acids is 3. The fraction of sp³-hybridized carbons (Fsp3) is 0.769. The largest absolute Gasteiger partial charge is 0.354 e. The van der Waals surface area contributed by atoms with Crippen molar-refractivity contribution in [3.8, 4) is 0 Å². The van der Waals surface area contributed by atoms with Crippen LogP contribution in [0.5, 0.6) is 0 Å². The molecule has 4 amide bonds. The lowest BCUT2D eigenvalue weighted by Gasteiger charge is -2.18. The molecule has 2 atom stereocenters. The first kappa shape index (κ1) is 18.1. The van der Waals surface area contributed by atoms with Gasteiger partial charge >= 0.3 is 6.03 Å². The Kier molecular flexibility index (Phi) is 4.30. The van der Waals surface area contributed by atoms with Crippen LogP contribution >= 0.6 is 0 Å². The number of urea groups is 1. The minimum absolute atomic E-state index is 0.00202. The average molecular weight is 393 g/mol. The zero-order chi connectivity index (χ0) is 18.5. The lowest BCUT2D eigenvalue weighted by Crippen LogP contribution is -2.48. The van der Waals surface area contributed by atoms with E-state index < -0.39 is 55.4 Å². The minimum atomic E-state index is -3.40. The third-order valence-electron chi connectivity index (χ3n) is 4.77. The number of carbonyl (C=O) groups is 3. The number of imide groups is 1. The topological polar surface area (TPSA) is 147 Å². The molecule has 3 rings (SSSR count). The zero-order valence-corrected chi connectivity index (χ0v) is 15.0. The van der Waals surface area contributed by atoms with Gasteiger partial charge in [0.25, 0.3) is 5.91 Å². The molecule has 3 aliphatic heterocycles. The van der Waals surface area contributed by atoms with Gasteiger partial charge in [-0.25, -0.2) is 21.6 Å². The molecule has 0 saturated carbocycles. The second-order valence-corrected chi connectivity index (χ2v) is 11.2. The van der Waals surface area contributed by atoms with Gasteiger partial charge in [0.05, 0.1) is 23.0 Å². The predicted octanol–water partition coefficient (Wildman–Crippen LogP) is -2.35. The third kappa shape index (κ3) is 3.64. The van der Waals surface area contributed by atoms with E-state index in [9.17, 15) is 31.2 Å². The van der Waals surface area contributed by atoms with E-state index in [2.05, 4.69) is 10.6 Å². The van der Waals surface area contributed by atoms with Gasteiger partial charge in [-0.2, -0.15) is 0 Å². The van der Waals surface area contributed by atoms with E-state index in [1.165, 1.54) is 0 Å². The number of nitrogens with zero attached hydrogens (tertiary/aromatic N) is 1. The molecule has 3 aliphatic rings. The van der Waals surface area contributed by atoms with Crippen LogP contribution in [0.4, 0.5) is 4.79 Å². The van der Waals surface area contributed by atoms with Gasteiger partial charge in [-0.05, 0) is 18.8 Å². The highest BCUT2D eigenvalue weighted by molar-refractivity contribution is 7.92. The SMILES string of the molecule is O=C(CN1C(=O)NC2(CCS(=O)(=O)C2)C1=O)NCC1CCS(=O)(=O)C1. The Balaban J connectivity index is 1.57. The predicted molar refractivity (Wildman–Crippen MR) is 86.0 cm³/mol. The molecule has 0 bridgehead atoms. The Bertz CT molecular complexity index is 836. The monoisotopic (exact) mass is 393 g/mol. The first-order valence-electron chi connectivity index (χ1n) is 7.84. The Morgan fingerprint density at radius 3 is 2.48 bits per heavy atom. The van der Waals surface area contributed by atoms with Crippen molar-refractivity contribution < 1.29 is 31.2 Å². The Hall–Kier alpha value is -1.69. The molecule has 0 aliphatic carbocycles. The van der Waals surface area contributed by atoms with E-state index in [1.54, 1.807) is 0 Å². The van der Waals surface area contributed by atoms with Gasteiger partial charge in [0.1, 0.15) is 12.1 Å². The van der Waals surface area contributed by atoms with Crippen LogP contribution in [-0.4, -0.2) is 81.2 Å². The molecule has 3 heterocycles. The molecule has 2 unspecified atom stereocenters. The summed E-state index contributed by atoms with van der Waals surface area (Å²) in [5, 5.41) is 4.93. The summed E-state index contributed by atoms with van der Waals surface area (Å²) in [4.78, 5) is 37.1. The minimum Gasteiger partial charge on any atom is -0.354 e. The molecular formula is C13H19N3O7S2. The van der Waals surface area contributed by atoms with Gasteiger partial charge in [0.15, 0.2) is 19.7 Å². The van der Waals surface area contributed by atoms with Crippen molar-refractivity contribution in [1.82, 2.24) is 15.5 Å². The van der Waals surface area contributed by atoms with Gasteiger partial charge in [0, 0.05) is 6.54 Å².